The molecule has 24 heavy (non-hydrogen) atoms. The van der Waals surface area contributed by atoms with E-state index in [4.69, 9.17) is 4.74 Å². The number of aliphatic imine (C=N–C) groups is 1. The fourth-order valence-electron chi connectivity index (χ4n) is 2.36. The second-order valence-corrected chi connectivity index (χ2v) is 5.51. The highest BCUT2D eigenvalue weighted by atomic mass is 16.6. The molecule has 0 radical (unpaired) electrons. The first-order valence-corrected chi connectivity index (χ1v) is 8.83. The molecule has 1 aliphatic rings. The molecule has 8 nitrogen and oxygen atoms in total. The molecule has 0 aliphatic carbocycles. The van der Waals surface area contributed by atoms with E-state index in [1.165, 1.54) is 0 Å². The van der Waals surface area contributed by atoms with Crippen LogP contribution in [0.15, 0.2) is 4.99 Å². The van der Waals surface area contributed by atoms with E-state index in [9.17, 15) is 9.59 Å². The molecule has 1 rings (SSSR count). The molecule has 0 atom stereocenters. The van der Waals surface area contributed by atoms with Gasteiger partial charge in [-0.3, -0.25) is 9.79 Å². The zero-order valence-electron chi connectivity index (χ0n) is 15.1. The van der Waals surface area contributed by atoms with Crippen LogP contribution in [0, 0.1) is 0 Å². The molecule has 8 heteroatoms. The first kappa shape index (κ1) is 20.1. The number of nitrogens with zero attached hydrogens (tertiary/aromatic N) is 3. The van der Waals surface area contributed by atoms with E-state index in [0.29, 0.717) is 52.3 Å². The number of carbonyl (C=O) groups excluding carboxylic acids is 2. The number of amides is 2. The van der Waals surface area contributed by atoms with Gasteiger partial charge in [-0.25, -0.2) is 4.79 Å². The maximum absolute atomic E-state index is 11.7. The summed E-state index contributed by atoms with van der Waals surface area (Å²) in [6, 6.07) is 0. The number of carbonyl (C=O) groups is 2. The Morgan fingerprint density at radius 1 is 1.04 bits per heavy atom. The van der Waals surface area contributed by atoms with E-state index in [1.807, 2.05) is 13.8 Å². The zero-order chi connectivity index (χ0) is 17.8. The van der Waals surface area contributed by atoms with Gasteiger partial charge in [0, 0.05) is 45.7 Å². The summed E-state index contributed by atoms with van der Waals surface area (Å²) in [6.07, 6.45) is 1.06. The van der Waals surface area contributed by atoms with E-state index in [1.54, 1.807) is 11.8 Å². The number of rotatable bonds is 7. The van der Waals surface area contributed by atoms with E-state index in [2.05, 4.69) is 20.5 Å². The third-order valence-electron chi connectivity index (χ3n) is 3.61. The molecule has 0 unspecified atom stereocenters. The fraction of sp³-hybridized carbons (Fsp3) is 0.812. The van der Waals surface area contributed by atoms with Crippen molar-refractivity contribution >= 4 is 18.0 Å². The first-order chi connectivity index (χ1) is 11.6. The van der Waals surface area contributed by atoms with Gasteiger partial charge in [-0.05, 0) is 20.3 Å². The molecule has 1 heterocycles. The Bertz CT molecular complexity index is 420. The molecular weight excluding hydrogens is 310 g/mol. The second-order valence-electron chi connectivity index (χ2n) is 5.51. The number of hydrogen-bond donors (Lipinski definition) is 2. The van der Waals surface area contributed by atoms with Gasteiger partial charge in [0.25, 0.3) is 0 Å². The molecule has 0 bridgehead atoms. The van der Waals surface area contributed by atoms with Crippen LogP contribution >= 0.6 is 0 Å². The van der Waals surface area contributed by atoms with Crippen LogP contribution in [-0.2, 0) is 9.53 Å². The summed E-state index contributed by atoms with van der Waals surface area (Å²) in [5.41, 5.74) is 0. The standard InChI is InChI=1S/C16H31N5O3/c1-4-8-18-14(22)7-9-19-15(17-5-2)20-10-12-21(13-11-20)16(23)24-6-3/h4-13H2,1-3H3,(H,17,19)(H,18,22). The average molecular weight is 341 g/mol. The van der Waals surface area contributed by atoms with Crippen LogP contribution in [0.3, 0.4) is 0 Å². The highest BCUT2D eigenvalue weighted by Crippen LogP contribution is 2.04. The van der Waals surface area contributed by atoms with Gasteiger partial charge in [0.15, 0.2) is 5.96 Å². The first-order valence-electron chi connectivity index (χ1n) is 8.83. The third kappa shape index (κ3) is 7.06. The summed E-state index contributed by atoms with van der Waals surface area (Å²) in [6.45, 7) is 10.8. The van der Waals surface area contributed by atoms with E-state index >= 15 is 0 Å². The van der Waals surface area contributed by atoms with Crippen LogP contribution in [0.2, 0.25) is 0 Å². The maximum Gasteiger partial charge on any atom is 0.409 e. The van der Waals surface area contributed by atoms with Crippen LogP contribution < -0.4 is 10.6 Å². The Labute approximate surface area is 144 Å². The van der Waals surface area contributed by atoms with Gasteiger partial charge in [-0.2, -0.15) is 0 Å². The summed E-state index contributed by atoms with van der Waals surface area (Å²) in [5, 5.41) is 6.10. The number of nitrogens with one attached hydrogen (secondary N) is 2. The van der Waals surface area contributed by atoms with Crippen LogP contribution in [0.4, 0.5) is 4.79 Å². The zero-order valence-corrected chi connectivity index (χ0v) is 15.1. The fourth-order valence-corrected chi connectivity index (χ4v) is 2.36. The van der Waals surface area contributed by atoms with E-state index < -0.39 is 0 Å². The van der Waals surface area contributed by atoms with Crippen molar-refractivity contribution in [1.29, 1.82) is 0 Å². The van der Waals surface area contributed by atoms with E-state index in [0.717, 1.165) is 18.9 Å². The average Bonchev–Trinajstić information content (AvgIpc) is 2.59. The Balaban J connectivity index is 2.46. The summed E-state index contributed by atoms with van der Waals surface area (Å²) in [4.78, 5) is 31.7. The second kappa shape index (κ2) is 11.5. The third-order valence-corrected chi connectivity index (χ3v) is 3.61. The predicted octanol–water partition coefficient (Wildman–Crippen LogP) is 0.642. The van der Waals surface area contributed by atoms with Gasteiger partial charge < -0.3 is 25.2 Å². The maximum atomic E-state index is 11.7. The summed E-state index contributed by atoms with van der Waals surface area (Å²) in [5.74, 6) is 0.827. The minimum atomic E-state index is -0.258. The molecule has 0 aromatic carbocycles. The predicted molar refractivity (Wildman–Crippen MR) is 94.1 cm³/mol. The molecule has 2 N–H and O–H groups in total. The number of guanidine groups is 1. The SMILES string of the molecule is CCCNC(=O)CCN=C(NCC)N1CCN(C(=O)OCC)CC1. The summed E-state index contributed by atoms with van der Waals surface area (Å²) in [7, 11) is 0. The molecule has 1 fully saturated rings. The quantitative estimate of drug-likeness (QED) is 0.524. The molecule has 0 aromatic heterocycles. The lowest BCUT2D eigenvalue weighted by Gasteiger charge is -2.35. The molecule has 0 spiro atoms. The van der Waals surface area contributed by atoms with Crippen LogP contribution in [0.1, 0.15) is 33.6 Å². The van der Waals surface area contributed by atoms with Gasteiger partial charge in [-0.15, -0.1) is 0 Å². The number of hydrogen-bond acceptors (Lipinski definition) is 4. The lowest BCUT2D eigenvalue weighted by molar-refractivity contribution is -0.120. The van der Waals surface area contributed by atoms with Gasteiger partial charge >= 0.3 is 6.09 Å². The molecule has 1 aliphatic heterocycles. The number of ether oxygens (including phenoxy) is 1. The van der Waals surface area contributed by atoms with Crippen molar-refractivity contribution in [1.82, 2.24) is 20.4 Å². The minimum Gasteiger partial charge on any atom is -0.450 e. The van der Waals surface area contributed by atoms with E-state index in [-0.39, 0.29) is 12.0 Å². The van der Waals surface area contributed by atoms with Gasteiger partial charge in [0.1, 0.15) is 0 Å². The van der Waals surface area contributed by atoms with Crippen molar-refractivity contribution in [2.75, 3.05) is 52.4 Å². The topological polar surface area (TPSA) is 86.3 Å². The van der Waals surface area contributed by atoms with Crippen molar-refractivity contribution in [3.8, 4) is 0 Å². The molecule has 1 saturated heterocycles. The lowest BCUT2D eigenvalue weighted by atomic mass is 10.3. The van der Waals surface area contributed by atoms with Crippen molar-refractivity contribution in [3.05, 3.63) is 0 Å². The van der Waals surface area contributed by atoms with Crippen LogP contribution in [0.25, 0.3) is 0 Å². The Kier molecular flexibility index (Phi) is 9.64. The Morgan fingerprint density at radius 2 is 1.71 bits per heavy atom. The summed E-state index contributed by atoms with van der Waals surface area (Å²) < 4.78 is 5.03. The monoisotopic (exact) mass is 341 g/mol. The van der Waals surface area contributed by atoms with Crippen molar-refractivity contribution < 1.29 is 14.3 Å². The minimum absolute atomic E-state index is 0.0311. The highest BCUT2D eigenvalue weighted by molar-refractivity contribution is 5.81. The van der Waals surface area contributed by atoms with Gasteiger partial charge in [-0.1, -0.05) is 6.92 Å². The van der Waals surface area contributed by atoms with Gasteiger partial charge in [0.2, 0.25) is 5.91 Å². The van der Waals surface area contributed by atoms with Crippen molar-refractivity contribution in [3.63, 3.8) is 0 Å². The normalized spacial score (nSPS) is 15.2. The largest absolute Gasteiger partial charge is 0.450 e. The Morgan fingerprint density at radius 3 is 2.29 bits per heavy atom. The smallest absolute Gasteiger partial charge is 0.409 e. The number of piperazine rings is 1. The van der Waals surface area contributed by atoms with Crippen LogP contribution in [0.5, 0.6) is 0 Å². The molecule has 0 saturated carbocycles. The highest BCUT2D eigenvalue weighted by Gasteiger charge is 2.23. The lowest BCUT2D eigenvalue weighted by Crippen LogP contribution is -2.54. The van der Waals surface area contributed by atoms with Crippen LogP contribution in [-0.4, -0.2) is 80.2 Å². The summed E-state index contributed by atoms with van der Waals surface area (Å²) >= 11 is 0. The molecule has 2 amide bonds. The van der Waals surface area contributed by atoms with Gasteiger partial charge in [0.05, 0.1) is 13.2 Å². The Hall–Kier alpha value is -1.99. The molecule has 0 aromatic rings. The molecular formula is C16H31N5O3. The van der Waals surface area contributed by atoms with Crippen molar-refractivity contribution in [2.24, 2.45) is 4.99 Å². The molecule has 138 valence electrons. The van der Waals surface area contributed by atoms with Crippen molar-refractivity contribution in [2.45, 2.75) is 33.6 Å².